The van der Waals surface area contributed by atoms with E-state index in [9.17, 15) is 14.4 Å². The summed E-state index contributed by atoms with van der Waals surface area (Å²) in [5.74, 6) is -0.838. The highest BCUT2D eigenvalue weighted by Crippen LogP contribution is 2.19. The summed E-state index contributed by atoms with van der Waals surface area (Å²) in [6.07, 6.45) is 84.9. The molecule has 0 aliphatic rings. The lowest BCUT2D eigenvalue weighted by Gasteiger charge is -2.18. The number of allylic oxidation sites excluding steroid dienone is 4. The fraction of sp³-hybridized carbons (Fsp3) is 0.905. The Kier molecular flexibility index (Phi) is 67.6. The van der Waals surface area contributed by atoms with E-state index in [-0.39, 0.29) is 31.1 Å². The second kappa shape index (κ2) is 69.4. The zero-order valence-electron chi connectivity index (χ0n) is 54.4. The van der Waals surface area contributed by atoms with Crippen LogP contribution in [0.2, 0.25) is 0 Å². The molecule has 0 saturated carbocycles. The maximum Gasteiger partial charge on any atom is 0.306 e. The third kappa shape index (κ3) is 66.7. The minimum Gasteiger partial charge on any atom is -0.462 e. The molecule has 6 nitrogen and oxygen atoms in total. The number of unbranched alkanes of at least 4 members (excludes halogenated alkanes) is 53. The summed E-state index contributed by atoms with van der Waals surface area (Å²) in [4.78, 5) is 38.5. The molecule has 0 aromatic rings. The van der Waals surface area contributed by atoms with E-state index in [1.807, 2.05) is 0 Å². The second-order valence-corrected chi connectivity index (χ2v) is 24.9. The molecule has 0 bridgehead atoms. The largest absolute Gasteiger partial charge is 0.462 e. The van der Waals surface area contributed by atoms with Gasteiger partial charge in [-0.2, -0.15) is 0 Å². The van der Waals surface area contributed by atoms with Crippen LogP contribution in [0.4, 0.5) is 0 Å². The van der Waals surface area contributed by atoms with Gasteiger partial charge in [0.2, 0.25) is 0 Å². The Bertz CT molecular complexity index is 1290. The van der Waals surface area contributed by atoms with Crippen LogP contribution in [0.3, 0.4) is 0 Å². The van der Waals surface area contributed by atoms with E-state index in [1.165, 1.54) is 315 Å². The third-order valence-electron chi connectivity index (χ3n) is 16.7. The molecular weight excluding hydrogens is 985 g/mol. The molecule has 6 heteroatoms. The zero-order chi connectivity index (χ0) is 57.8. The Morgan fingerprint density at radius 2 is 0.412 bits per heavy atom. The summed E-state index contributed by atoms with van der Waals surface area (Å²) in [6.45, 7) is 6.72. The highest BCUT2D eigenvalue weighted by Gasteiger charge is 2.19. The standard InChI is InChI=1S/C74H140O6/c1-4-7-10-13-16-19-22-25-28-31-33-35-37-39-40-43-46-49-52-55-58-61-64-67-73(76)79-70-71(69-78-72(75)66-63-60-57-54-51-48-45-42-30-27-24-21-18-15-12-9-6-3)80-74(77)68-65-62-59-56-53-50-47-44-41-38-36-34-32-29-26-23-20-17-14-11-8-5-2/h27,30-31,33,71H,4-26,28-29,32,34-70H2,1-3H3/b30-27-,33-31-. The van der Waals surface area contributed by atoms with Crippen LogP contribution in [0.15, 0.2) is 24.3 Å². The predicted octanol–water partition coefficient (Wildman–Crippen LogP) is 25.0. The van der Waals surface area contributed by atoms with E-state index in [0.29, 0.717) is 19.3 Å². The summed E-state index contributed by atoms with van der Waals surface area (Å²) in [5, 5.41) is 0. The van der Waals surface area contributed by atoms with Crippen molar-refractivity contribution in [3.63, 3.8) is 0 Å². The van der Waals surface area contributed by atoms with Crippen LogP contribution in [-0.4, -0.2) is 37.2 Å². The lowest BCUT2D eigenvalue weighted by molar-refractivity contribution is -0.167. The molecule has 1 unspecified atom stereocenters. The van der Waals surface area contributed by atoms with Crippen LogP contribution >= 0.6 is 0 Å². The molecule has 472 valence electrons. The van der Waals surface area contributed by atoms with Gasteiger partial charge in [0.25, 0.3) is 0 Å². The molecule has 0 fully saturated rings. The van der Waals surface area contributed by atoms with Gasteiger partial charge >= 0.3 is 17.9 Å². The summed E-state index contributed by atoms with van der Waals surface area (Å²) in [6, 6.07) is 0. The smallest absolute Gasteiger partial charge is 0.306 e. The van der Waals surface area contributed by atoms with Crippen molar-refractivity contribution in [3.8, 4) is 0 Å². The molecule has 80 heavy (non-hydrogen) atoms. The van der Waals surface area contributed by atoms with Crippen molar-refractivity contribution in [2.24, 2.45) is 0 Å². The highest BCUT2D eigenvalue weighted by molar-refractivity contribution is 5.71. The van der Waals surface area contributed by atoms with Gasteiger partial charge in [-0.1, -0.05) is 347 Å². The third-order valence-corrected chi connectivity index (χ3v) is 16.7. The van der Waals surface area contributed by atoms with E-state index >= 15 is 0 Å². The number of carbonyl (C=O) groups is 3. The molecule has 0 amide bonds. The van der Waals surface area contributed by atoms with Crippen molar-refractivity contribution in [1.29, 1.82) is 0 Å². The number of ether oxygens (including phenoxy) is 3. The second-order valence-electron chi connectivity index (χ2n) is 24.9. The van der Waals surface area contributed by atoms with Crippen LogP contribution in [0.1, 0.15) is 412 Å². The zero-order valence-corrected chi connectivity index (χ0v) is 54.4. The molecule has 1 atom stereocenters. The van der Waals surface area contributed by atoms with Gasteiger partial charge in [0, 0.05) is 19.3 Å². The number of hydrogen-bond acceptors (Lipinski definition) is 6. The van der Waals surface area contributed by atoms with E-state index in [0.717, 1.165) is 57.8 Å². The monoisotopic (exact) mass is 1130 g/mol. The first kappa shape index (κ1) is 77.9. The van der Waals surface area contributed by atoms with Crippen molar-refractivity contribution >= 4 is 17.9 Å². The normalized spacial score (nSPS) is 12.1. The lowest BCUT2D eigenvalue weighted by Crippen LogP contribution is -2.30. The van der Waals surface area contributed by atoms with Gasteiger partial charge < -0.3 is 14.2 Å². The van der Waals surface area contributed by atoms with Gasteiger partial charge in [0.15, 0.2) is 6.10 Å². The Morgan fingerprint density at radius 1 is 0.237 bits per heavy atom. The van der Waals surface area contributed by atoms with E-state index in [2.05, 4.69) is 45.1 Å². The van der Waals surface area contributed by atoms with Crippen molar-refractivity contribution in [3.05, 3.63) is 24.3 Å². The number of rotatable bonds is 68. The molecule has 0 rings (SSSR count). The molecule has 0 aliphatic carbocycles. The molecule has 0 spiro atoms. The van der Waals surface area contributed by atoms with Crippen molar-refractivity contribution < 1.29 is 28.6 Å². The van der Waals surface area contributed by atoms with Crippen molar-refractivity contribution in [2.45, 2.75) is 419 Å². The van der Waals surface area contributed by atoms with Crippen LogP contribution in [0.5, 0.6) is 0 Å². The van der Waals surface area contributed by atoms with Crippen molar-refractivity contribution in [1.82, 2.24) is 0 Å². The molecule has 0 aromatic carbocycles. The molecule has 0 aromatic heterocycles. The SMILES string of the molecule is CCCCCCCC/C=C\CCCCCCCCCC(=O)OCC(COC(=O)CCCCCCCCCCCCC/C=C\CCCCCCCCCC)OC(=O)CCCCCCCCCCCCCCCCCCCCCCCC. The lowest BCUT2D eigenvalue weighted by atomic mass is 10.0. The number of hydrogen-bond donors (Lipinski definition) is 0. The molecule has 0 N–H and O–H groups in total. The summed E-state index contributed by atoms with van der Waals surface area (Å²) >= 11 is 0. The molecule has 0 aliphatic heterocycles. The minimum absolute atomic E-state index is 0.0673. The van der Waals surface area contributed by atoms with Crippen molar-refractivity contribution in [2.75, 3.05) is 13.2 Å². The summed E-state index contributed by atoms with van der Waals surface area (Å²) < 4.78 is 17.0. The molecule has 0 heterocycles. The highest BCUT2D eigenvalue weighted by atomic mass is 16.6. The predicted molar refractivity (Wildman–Crippen MR) is 349 cm³/mol. The van der Waals surface area contributed by atoms with Gasteiger partial charge in [0.05, 0.1) is 0 Å². The fourth-order valence-corrected chi connectivity index (χ4v) is 11.2. The Hall–Kier alpha value is -2.11. The maximum absolute atomic E-state index is 13.0. The van der Waals surface area contributed by atoms with E-state index in [1.54, 1.807) is 0 Å². The molecular formula is C74H140O6. The first-order valence-corrected chi connectivity index (χ1v) is 36.3. The quantitative estimate of drug-likeness (QED) is 0.0261. The number of carbonyl (C=O) groups excluding carboxylic acids is 3. The van der Waals surface area contributed by atoms with Crippen LogP contribution in [0.25, 0.3) is 0 Å². The van der Waals surface area contributed by atoms with Crippen LogP contribution < -0.4 is 0 Å². The average Bonchev–Trinajstić information content (AvgIpc) is 3.46. The van der Waals surface area contributed by atoms with Gasteiger partial charge in [0.1, 0.15) is 13.2 Å². The van der Waals surface area contributed by atoms with Crippen LogP contribution in [-0.2, 0) is 28.6 Å². The Labute approximate surface area is 500 Å². The average molecular weight is 1130 g/mol. The first-order chi connectivity index (χ1) is 39.5. The molecule has 0 saturated heterocycles. The van der Waals surface area contributed by atoms with E-state index < -0.39 is 6.10 Å². The Balaban J connectivity index is 4.29. The first-order valence-electron chi connectivity index (χ1n) is 36.3. The summed E-state index contributed by atoms with van der Waals surface area (Å²) in [7, 11) is 0. The van der Waals surface area contributed by atoms with E-state index in [4.69, 9.17) is 14.2 Å². The number of esters is 3. The fourth-order valence-electron chi connectivity index (χ4n) is 11.2. The Morgan fingerprint density at radius 3 is 0.625 bits per heavy atom. The molecule has 0 radical (unpaired) electrons. The van der Waals surface area contributed by atoms with Gasteiger partial charge in [-0.05, 0) is 70.6 Å². The topological polar surface area (TPSA) is 78.9 Å². The summed E-state index contributed by atoms with van der Waals surface area (Å²) in [5.41, 5.74) is 0. The van der Waals surface area contributed by atoms with Crippen LogP contribution in [0, 0.1) is 0 Å². The van der Waals surface area contributed by atoms with Gasteiger partial charge in [-0.3, -0.25) is 14.4 Å². The minimum atomic E-state index is -0.772. The van der Waals surface area contributed by atoms with Gasteiger partial charge in [-0.15, -0.1) is 0 Å². The van der Waals surface area contributed by atoms with Gasteiger partial charge in [-0.25, -0.2) is 0 Å². The maximum atomic E-state index is 13.0.